The molecule has 0 N–H and O–H groups in total. The lowest BCUT2D eigenvalue weighted by Crippen LogP contribution is -2.49. The molecule has 0 saturated heterocycles. The largest absolute Gasteiger partial charge is 0.463 e. The summed E-state index contributed by atoms with van der Waals surface area (Å²) in [6.07, 6.45) is 5.11. The zero-order chi connectivity index (χ0) is 21.0. The molecule has 4 aromatic rings. The van der Waals surface area contributed by atoms with Crippen LogP contribution in [-0.4, -0.2) is 31.0 Å². The van der Waals surface area contributed by atoms with Crippen molar-refractivity contribution < 1.29 is 9.21 Å². The van der Waals surface area contributed by atoms with Crippen molar-refractivity contribution in [3.63, 3.8) is 0 Å². The first-order valence-electron chi connectivity index (χ1n) is 9.64. The van der Waals surface area contributed by atoms with E-state index in [9.17, 15) is 9.59 Å². The summed E-state index contributed by atoms with van der Waals surface area (Å²) in [5.74, 6) is -0.163. The molecule has 1 aliphatic rings. The van der Waals surface area contributed by atoms with E-state index in [4.69, 9.17) is 4.42 Å². The third kappa shape index (κ3) is 2.90. The normalized spacial score (nSPS) is 16.3. The molecule has 8 heteroatoms. The Morgan fingerprint density at radius 3 is 2.83 bits per heavy atom. The van der Waals surface area contributed by atoms with Crippen LogP contribution in [0.4, 0.5) is 0 Å². The van der Waals surface area contributed by atoms with Gasteiger partial charge in [0.1, 0.15) is 17.0 Å². The van der Waals surface area contributed by atoms with Crippen molar-refractivity contribution >= 4 is 32.8 Å². The van der Waals surface area contributed by atoms with Crippen molar-refractivity contribution in [2.75, 3.05) is 0 Å². The highest BCUT2D eigenvalue weighted by molar-refractivity contribution is 9.10. The minimum Gasteiger partial charge on any atom is -0.463 e. The summed E-state index contributed by atoms with van der Waals surface area (Å²) in [7, 11) is 0. The van der Waals surface area contributed by atoms with E-state index in [1.165, 1.54) is 0 Å². The van der Waals surface area contributed by atoms with Crippen LogP contribution in [0.3, 0.4) is 0 Å². The maximum Gasteiger partial charge on any atom is 0.275 e. The lowest BCUT2D eigenvalue weighted by atomic mass is 10.1. The minimum absolute atomic E-state index is 0.139. The second kappa shape index (κ2) is 6.98. The fraction of sp³-hybridized carbons (Fsp3) is 0.227. The van der Waals surface area contributed by atoms with Crippen molar-refractivity contribution in [3.8, 4) is 5.69 Å². The number of rotatable bonds is 3. The Labute approximate surface area is 180 Å². The van der Waals surface area contributed by atoms with Crippen molar-refractivity contribution in [3.05, 3.63) is 80.9 Å². The number of imidazole rings is 1. The molecule has 0 aliphatic carbocycles. The van der Waals surface area contributed by atoms with Gasteiger partial charge in [-0.25, -0.2) is 4.98 Å². The number of para-hydroxylation sites is 1. The molecule has 30 heavy (non-hydrogen) atoms. The van der Waals surface area contributed by atoms with Crippen molar-refractivity contribution in [2.24, 2.45) is 0 Å². The second-order valence-electron chi connectivity index (χ2n) is 7.60. The van der Waals surface area contributed by atoms with E-state index in [0.717, 1.165) is 26.7 Å². The summed E-state index contributed by atoms with van der Waals surface area (Å²) in [4.78, 5) is 32.3. The Hall–Kier alpha value is -3.13. The lowest BCUT2D eigenvalue weighted by Gasteiger charge is -2.35. The molecule has 152 valence electrons. The van der Waals surface area contributed by atoms with Gasteiger partial charge < -0.3 is 18.5 Å². The number of aromatic nitrogens is 3. The smallest absolute Gasteiger partial charge is 0.275 e. The number of carbonyl (C=O) groups is 1. The third-order valence-corrected chi connectivity index (χ3v) is 6.20. The van der Waals surface area contributed by atoms with E-state index in [0.29, 0.717) is 24.5 Å². The topological polar surface area (TPSA) is 73.3 Å². The molecule has 0 spiro atoms. The van der Waals surface area contributed by atoms with Gasteiger partial charge in [-0.3, -0.25) is 9.59 Å². The molecule has 7 nitrogen and oxygen atoms in total. The fourth-order valence-corrected chi connectivity index (χ4v) is 4.46. The first kappa shape index (κ1) is 18.9. The molecule has 1 atom stereocenters. The van der Waals surface area contributed by atoms with Gasteiger partial charge in [-0.05, 0) is 48.0 Å². The summed E-state index contributed by atoms with van der Waals surface area (Å²) in [5.41, 5.74) is 3.22. The van der Waals surface area contributed by atoms with E-state index >= 15 is 0 Å². The number of hydrogen-bond donors (Lipinski definition) is 0. The van der Waals surface area contributed by atoms with Crippen LogP contribution in [0.2, 0.25) is 0 Å². The Bertz CT molecular complexity index is 1350. The van der Waals surface area contributed by atoms with Crippen LogP contribution in [0.5, 0.6) is 0 Å². The number of hydrogen-bond acceptors (Lipinski definition) is 4. The summed E-state index contributed by atoms with van der Waals surface area (Å²) in [5, 5.41) is 0.971. The van der Waals surface area contributed by atoms with Crippen LogP contribution in [0.1, 0.15) is 28.7 Å². The number of carbonyl (C=O) groups excluding carboxylic acids is 1. The van der Waals surface area contributed by atoms with Crippen molar-refractivity contribution in [2.45, 2.75) is 33.0 Å². The molecule has 0 saturated carbocycles. The van der Waals surface area contributed by atoms with Crippen LogP contribution >= 0.6 is 15.9 Å². The number of benzene rings is 1. The number of amides is 1. The van der Waals surface area contributed by atoms with Crippen LogP contribution < -0.4 is 5.56 Å². The van der Waals surface area contributed by atoms with Crippen LogP contribution in [0, 0.1) is 6.92 Å². The fourth-order valence-electron chi connectivity index (χ4n) is 4.00. The Morgan fingerprint density at radius 1 is 1.23 bits per heavy atom. The van der Waals surface area contributed by atoms with E-state index < -0.39 is 0 Å². The van der Waals surface area contributed by atoms with Crippen LogP contribution in [-0.2, 0) is 13.1 Å². The van der Waals surface area contributed by atoms with E-state index in [1.54, 1.807) is 45.0 Å². The highest BCUT2D eigenvalue weighted by Gasteiger charge is 2.32. The number of aryl methyl sites for hydroxylation is 1. The number of halogens is 1. The Morgan fingerprint density at radius 2 is 2.07 bits per heavy atom. The van der Waals surface area contributed by atoms with E-state index in [1.807, 2.05) is 32.0 Å². The molecule has 0 radical (unpaired) electrons. The van der Waals surface area contributed by atoms with Gasteiger partial charge in [-0.1, -0.05) is 12.1 Å². The first-order chi connectivity index (χ1) is 14.4. The van der Waals surface area contributed by atoms with Gasteiger partial charge in [0.15, 0.2) is 0 Å². The standard InChI is InChI=1S/C22H19BrN4O3/c1-13-8-25(12-24-13)18-6-7-19-22(29)26(14(2)9-27(19)21(18)28)10-15-11-30-20-16(15)4-3-5-17(20)23/h3-8,11-12,14H,9-10H2,1-2H3/t14-/m1/s1. The maximum absolute atomic E-state index is 13.3. The quantitative estimate of drug-likeness (QED) is 0.458. The molecule has 0 fully saturated rings. The second-order valence-corrected chi connectivity index (χ2v) is 8.46. The molecule has 5 rings (SSSR count). The monoisotopic (exact) mass is 466 g/mol. The Kier molecular flexibility index (Phi) is 4.39. The predicted molar refractivity (Wildman–Crippen MR) is 116 cm³/mol. The summed E-state index contributed by atoms with van der Waals surface area (Å²) >= 11 is 3.50. The van der Waals surface area contributed by atoms with E-state index in [2.05, 4.69) is 20.9 Å². The maximum atomic E-state index is 13.3. The SMILES string of the molecule is Cc1cn(-c2ccc3n(c2=O)C[C@@H](C)N(Cc2coc4c(Br)cccc24)C3=O)cn1. The molecule has 4 heterocycles. The molecule has 0 bridgehead atoms. The van der Waals surface area contributed by atoms with Gasteiger partial charge in [0.2, 0.25) is 0 Å². The van der Waals surface area contributed by atoms with Gasteiger partial charge in [0.05, 0.1) is 29.3 Å². The highest BCUT2D eigenvalue weighted by atomic mass is 79.9. The zero-order valence-corrected chi connectivity index (χ0v) is 18.1. The Balaban J connectivity index is 1.51. The number of furan rings is 1. The molecule has 0 unspecified atom stereocenters. The third-order valence-electron chi connectivity index (χ3n) is 5.58. The predicted octanol–water partition coefficient (Wildman–Crippen LogP) is 3.90. The molecule has 1 amide bonds. The highest BCUT2D eigenvalue weighted by Crippen LogP contribution is 2.30. The molecule has 3 aromatic heterocycles. The average Bonchev–Trinajstić information content (AvgIpc) is 3.33. The van der Waals surface area contributed by atoms with Gasteiger partial charge in [0, 0.05) is 29.7 Å². The number of nitrogens with zero attached hydrogens (tertiary/aromatic N) is 4. The van der Waals surface area contributed by atoms with Crippen LogP contribution in [0.25, 0.3) is 16.7 Å². The van der Waals surface area contributed by atoms with Crippen molar-refractivity contribution in [1.29, 1.82) is 0 Å². The van der Waals surface area contributed by atoms with Crippen molar-refractivity contribution in [1.82, 2.24) is 19.0 Å². The van der Waals surface area contributed by atoms with Gasteiger partial charge >= 0.3 is 0 Å². The first-order valence-corrected chi connectivity index (χ1v) is 10.4. The zero-order valence-electron chi connectivity index (χ0n) is 16.5. The van der Waals surface area contributed by atoms with Gasteiger partial charge in [0.25, 0.3) is 11.5 Å². The minimum atomic E-state index is -0.192. The number of fused-ring (bicyclic) bond motifs is 2. The number of pyridine rings is 1. The molecule has 1 aliphatic heterocycles. The van der Waals surface area contributed by atoms with Gasteiger partial charge in [-0.2, -0.15) is 0 Å². The summed E-state index contributed by atoms with van der Waals surface area (Å²) in [6.45, 7) is 4.68. The van der Waals surface area contributed by atoms with E-state index in [-0.39, 0.29) is 17.5 Å². The molecule has 1 aromatic carbocycles. The summed E-state index contributed by atoms with van der Waals surface area (Å²) < 4.78 is 9.84. The lowest BCUT2D eigenvalue weighted by molar-refractivity contribution is 0.0590. The average molecular weight is 467 g/mol. The molecular weight excluding hydrogens is 448 g/mol. The van der Waals surface area contributed by atoms with Crippen LogP contribution in [0.15, 0.2) is 62.8 Å². The van der Waals surface area contributed by atoms with Gasteiger partial charge in [-0.15, -0.1) is 0 Å². The molecular formula is C22H19BrN4O3. The summed E-state index contributed by atoms with van der Waals surface area (Å²) in [6, 6.07) is 9.12.